The highest BCUT2D eigenvalue weighted by atomic mass is 16.5. The summed E-state index contributed by atoms with van der Waals surface area (Å²) >= 11 is 0. The highest BCUT2D eigenvalue weighted by Crippen LogP contribution is 2.26. The van der Waals surface area contributed by atoms with E-state index in [1.165, 1.54) is 18.5 Å². The van der Waals surface area contributed by atoms with Crippen LogP contribution in [0.25, 0.3) is 0 Å². The summed E-state index contributed by atoms with van der Waals surface area (Å²) < 4.78 is 5.73. The highest BCUT2D eigenvalue weighted by Gasteiger charge is 2.14. The second-order valence-electron chi connectivity index (χ2n) is 6.75. The van der Waals surface area contributed by atoms with Crippen LogP contribution in [-0.4, -0.2) is 25.6 Å². The Morgan fingerprint density at radius 1 is 1.04 bits per heavy atom. The van der Waals surface area contributed by atoms with Crippen molar-refractivity contribution >= 4 is 17.3 Å². The third-order valence-corrected chi connectivity index (χ3v) is 4.71. The molecular weight excluding hydrogens is 312 g/mol. The van der Waals surface area contributed by atoms with E-state index in [-0.39, 0.29) is 12.5 Å². The Hall–Kier alpha value is -2.49. The lowest BCUT2D eigenvalue weighted by atomic mass is 10.1. The Morgan fingerprint density at radius 3 is 2.36 bits per heavy atom. The predicted molar refractivity (Wildman–Crippen MR) is 103 cm³/mol. The van der Waals surface area contributed by atoms with Crippen molar-refractivity contribution in [3.05, 3.63) is 53.1 Å². The van der Waals surface area contributed by atoms with Crippen LogP contribution in [0.5, 0.6) is 5.75 Å². The van der Waals surface area contributed by atoms with Gasteiger partial charge in [-0.25, -0.2) is 0 Å². The van der Waals surface area contributed by atoms with Crippen LogP contribution >= 0.6 is 0 Å². The Kier molecular flexibility index (Phi) is 5.27. The molecule has 0 radical (unpaired) electrons. The molecular formula is C21H26N2O2. The number of hydrogen-bond donors (Lipinski definition) is 1. The Balaban J connectivity index is 1.61. The number of nitrogens with one attached hydrogen (secondary N) is 1. The van der Waals surface area contributed by atoms with E-state index in [0.29, 0.717) is 0 Å². The van der Waals surface area contributed by atoms with Gasteiger partial charge in [0.15, 0.2) is 6.61 Å². The maximum Gasteiger partial charge on any atom is 0.262 e. The molecule has 2 aromatic carbocycles. The molecule has 0 spiro atoms. The number of carbonyl (C=O) groups is 1. The minimum atomic E-state index is -0.139. The van der Waals surface area contributed by atoms with Gasteiger partial charge in [-0.1, -0.05) is 18.2 Å². The summed E-state index contributed by atoms with van der Waals surface area (Å²) in [5.41, 5.74) is 5.24. The molecule has 1 amide bonds. The van der Waals surface area contributed by atoms with Crippen LogP contribution in [0.2, 0.25) is 0 Å². The summed E-state index contributed by atoms with van der Waals surface area (Å²) in [7, 11) is 0. The van der Waals surface area contributed by atoms with Gasteiger partial charge in [-0.15, -0.1) is 0 Å². The molecule has 1 heterocycles. The lowest BCUT2D eigenvalue weighted by Crippen LogP contribution is -2.21. The van der Waals surface area contributed by atoms with Gasteiger partial charge >= 0.3 is 0 Å². The minimum absolute atomic E-state index is 0.0129. The molecule has 0 aromatic heterocycles. The maximum atomic E-state index is 12.3. The van der Waals surface area contributed by atoms with Crippen LogP contribution in [0.4, 0.5) is 11.4 Å². The third-order valence-electron chi connectivity index (χ3n) is 4.71. The summed E-state index contributed by atoms with van der Waals surface area (Å²) in [4.78, 5) is 14.6. The standard InChI is InChI=1S/C21H26N2O2/c1-15-7-6-8-16(2)21(15)25-14-20(24)22-19-10-9-18(13-17(19)3)23-11-4-5-12-23/h6-10,13H,4-5,11-12,14H2,1-3H3,(H,22,24). The Bertz CT molecular complexity index is 744. The van der Waals surface area contributed by atoms with Gasteiger partial charge < -0.3 is 15.0 Å². The van der Waals surface area contributed by atoms with Gasteiger partial charge in [0.05, 0.1) is 0 Å². The molecule has 1 N–H and O–H groups in total. The van der Waals surface area contributed by atoms with Crippen molar-refractivity contribution in [1.29, 1.82) is 0 Å². The van der Waals surface area contributed by atoms with E-state index >= 15 is 0 Å². The van der Waals surface area contributed by atoms with E-state index in [0.717, 1.165) is 41.2 Å². The lowest BCUT2D eigenvalue weighted by molar-refractivity contribution is -0.118. The van der Waals surface area contributed by atoms with E-state index in [4.69, 9.17) is 4.74 Å². The van der Waals surface area contributed by atoms with Crippen molar-refractivity contribution in [3.8, 4) is 5.75 Å². The normalized spacial score (nSPS) is 13.8. The fourth-order valence-electron chi connectivity index (χ4n) is 3.31. The monoisotopic (exact) mass is 338 g/mol. The Labute approximate surface area is 149 Å². The molecule has 2 aromatic rings. The largest absolute Gasteiger partial charge is 0.483 e. The topological polar surface area (TPSA) is 41.6 Å². The van der Waals surface area contributed by atoms with Gasteiger partial charge in [-0.2, -0.15) is 0 Å². The van der Waals surface area contributed by atoms with Crippen molar-refractivity contribution in [1.82, 2.24) is 0 Å². The van der Waals surface area contributed by atoms with Crippen molar-refractivity contribution in [2.24, 2.45) is 0 Å². The molecule has 1 saturated heterocycles. The number of amides is 1. The van der Waals surface area contributed by atoms with Crippen LogP contribution in [0.3, 0.4) is 0 Å². The van der Waals surface area contributed by atoms with E-state index in [9.17, 15) is 4.79 Å². The number of carbonyl (C=O) groups excluding carboxylic acids is 1. The molecule has 0 unspecified atom stereocenters. The average Bonchev–Trinajstić information content (AvgIpc) is 3.11. The van der Waals surface area contributed by atoms with Gasteiger partial charge in [-0.05, 0) is 68.5 Å². The average molecular weight is 338 g/mol. The van der Waals surface area contributed by atoms with Gasteiger partial charge in [0, 0.05) is 24.5 Å². The first-order chi connectivity index (χ1) is 12.0. The molecule has 0 aliphatic carbocycles. The maximum absolute atomic E-state index is 12.3. The predicted octanol–water partition coefficient (Wildman–Crippen LogP) is 4.23. The quantitative estimate of drug-likeness (QED) is 0.887. The fourth-order valence-corrected chi connectivity index (χ4v) is 3.31. The molecule has 1 fully saturated rings. The van der Waals surface area contributed by atoms with E-state index in [2.05, 4.69) is 22.3 Å². The summed E-state index contributed by atoms with van der Waals surface area (Å²) in [6.45, 7) is 8.26. The fraction of sp³-hybridized carbons (Fsp3) is 0.381. The first-order valence-electron chi connectivity index (χ1n) is 8.89. The van der Waals surface area contributed by atoms with E-state index in [1.807, 2.05) is 45.0 Å². The van der Waals surface area contributed by atoms with Gasteiger partial charge in [0.2, 0.25) is 0 Å². The van der Waals surface area contributed by atoms with E-state index < -0.39 is 0 Å². The smallest absolute Gasteiger partial charge is 0.262 e. The number of rotatable bonds is 5. The molecule has 4 heteroatoms. The number of benzene rings is 2. The molecule has 1 aliphatic heterocycles. The van der Waals surface area contributed by atoms with Crippen molar-refractivity contribution < 1.29 is 9.53 Å². The number of para-hydroxylation sites is 1. The molecule has 0 saturated carbocycles. The first-order valence-corrected chi connectivity index (χ1v) is 8.89. The number of hydrogen-bond acceptors (Lipinski definition) is 3. The molecule has 1 aliphatic rings. The van der Waals surface area contributed by atoms with Crippen LogP contribution in [0, 0.1) is 20.8 Å². The zero-order chi connectivity index (χ0) is 17.8. The molecule has 0 bridgehead atoms. The van der Waals surface area contributed by atoms with Gasteiger partial charge in [-0.3, -0.25) is 4.79 Å². The van der Waals surface area contributed by atoms with Crippen LogP contribution in [0.15, 0.2) is 36.4 Å². The third kappa shape index (κ3) is 4.13. The lowest BCUT2D eigenvalue weighted by Gasteiger charge is -2.19. The van der Waals surface area contributed by atoms with Crippen molar-refractivity contribution in [3.63, 3.8) is 0 Å². The number of anilines is 2. The van der Waals surface area contributed by atoms with Crippen LogP contribution < -0.4 is 15.0 Å². The summed E-state index contributed by atoms with van der Waals surface area (Å²) in [6, 6.07) is 12.2. The Morgan fingerprint density at radius 2 is 1.72 bits per heavy atom. The van der Waals surface area contributed by atoms with Crippen LogP contribution in [0.1, 0.15) is 29.5 Å². The molecule has 3 rings (SSSR count). The zero-order valence-corrected chi connectivity index (χ0v) is 15.3. The zero-order valence-electron chi connectivity index (χ0n) is 15.3. The van der Waals surface area contributed by atoms with Crippen molar-refractivity contribution in [2.45, 2.75) is 33.6 Å². The van der Waals surface area contributed by atoms with E-state index in [1.54, 1.807) is 0 Å². The molecule has 0 atom stereocenters. The molecule has 4 nitrogen and oxygen atoms in total. The van der Waals surface area contributed by atoms with Crippen LogP contribution in [-0.2, 0) is 4.79 Å². The van der Waals surface area contributed by atoms with Gasteiger partial charge in [0.1, 0.15) is 5.75 Å². The van der Waals surface area contributed by atoms with Crippen molar-refractivity contribution in [2.75, 3.05) is 29.9 Å². The van der Waals surface area contributed by atoms with Gasteiger partial charge in [0.25, 0.3) is 5.91 Å². The second kappa shape index (κ2) is 7.60. The minimum Gasteiger partial charge on any atom is -0.483 e. The number of aryl methyl sites for hydroxylation is 3. The SMILES string of the molecule is Cc1cc(N2CCCC2)ccc1NC(=O)COc1c(C)cccc1C. The highest BCUT2D eigenvalue weighted by molar-refractivity contribution is 5.93. The first kappa shape index (κ1) is 17.3. The molecule has 25 heavy (non-hydrogen) atoms. The second-order valence-corrected chi connectivity index (χ2v) is 6.75. The summed E-state index contributed by atoms with van der Waals surface area (Å²) in [5, 5.41) is 2.95. The summed E-state index contributed by atoms with van der Waals surface area (Å²) in [5.74, 6) is 0.651. The summed E-state index contributed by atoms with van der Waals surface area (Å²) in [6.07, 6.45) is 2.51. The number of ether oxygens (including phenoxy) is 1. The molecule has 132 valence electrons. The number of nitrogens with zero attached hydrogens (tertiary/aromatic N) is 1.